The van der Waals surface area contributed by atoms with Gasteiger partial charge in [-0.05, 0) is 32.0 Å². The third kappa shape index (κ3) is 4.79. The van der Waals surface area contributed by atoms with E-state index in [-0.39, 0.29) is 12.3 Å². The van der Waals surface area contributed by atoms with E-state index >= 15 is 0 Å². The number of hydrogen-bond donors (Lipinski definition) is 2. The lowest BCUT2D eigenvalue weighted by atomic mass is 10.1. The van der Waals surface area contributed by atoms with Crippen LogP contribution >= 0.6 is 11.6 Å². The molecule has 0 aliphatic rings. The van der Waals surface area contributed by atoms with Crippen LogP contribution in [0.1, 0.15) is 30.6 Å². The molecule has 6 heteroatoms. The van der Waals surface area contributed by atoms with Crippen LogP contribution < -0.4 is 10.1 Å². The number of carbonyl (C=O) groups is 2. The number of amides is 1. The van der Waals surface area contributed by atoms with Gasteiger partial charge in [0.05, 0.1) is 18.6 Å². The molecule has 0 spiro atoms. The number of carbonyl (C=O) groups excluding carboxylic acids is 1. The maximum absolute atomic E-state index is 12.0. The number of rotatable bonds is 6. The summed E-state index contributed by atoms with van der Waals surface area (Å²) in [6, 6.07) is 4.23. The van der Waals surface area contributed by atoms with Crippen molar-refractivity contribution >= 4 is 23.5 Å². The van der Waals surface area contributed by atoms with E-state index in [1.807, 2.05) is 0 Å². The molecule has 5 nitrogen and oxygen atoms in total. The summed E-state index contributed by atoms with van der Waals surface area (Å²) in [5.74, 6) is -0.960. The van der Waals surface area contributed by atoms with E-state index in [1.54, 1.807) is 32.0 Å². The topological polar surface area (TPSA) is 75.6 Å². The first-order chi connectivity index (χ1) is 8.93. The lowest BCUT2D eigenvalue weighted by Gasteiger charge is -2.14. The molecule has 1 atom stereocenters. The summed E-state index contributed by atoms with van der Waals surface area (Å²) >= 11 is 5.84. The molecule has 0 aliphatic heterocycles. The van der Waals surface area contributed by atoms with Crippen molar-refractivity contribution in [3.63, 3.8) is 0 Å². The molecule has 19 heavy (non-hydrogen) atoms. The minimum absolute atomic E-state index is 0.136. The summed E-state index contributed by atoms with van der Waals surface area (Å²) in [7, 11) is 0. The van der Waals surface area contributed by atoms with Crippen LogP contribution in [0, 0.1) is 0 Å². The Hall–Kier alpha value is -1.75. The molecule has 1 unspecified atom stereocenters. The average molecular weight is 286 g/mol. The number of ether oxygens (including phenoxy) is 1. The van der Waals surface area contributed by atoms with Crippen molar-refractivity contribution in [1.82, 2.24) is 5.32 Å². The van der Waals surface area contributed by atoms with Crippen LogP contribution in [0.3, 0.4) is 0 Å². The van der Waals surface area contributed by atoms with Crippen molar-refractivity contribution < 1.29 is 19.4 Å². The zero-order valence-electron chi connectivity index (χ0n) is 10.8. The van der Waals surface area contributed by atoms with Gasteiger partial charge >= 0.3 is 5.97 Å². The van der Waals surface area contributed by atoms with Crippen LogP contribution in [0.5, 0.6) is 5.75 Å². The molecule has 0 fully saturated rings. The van der Waals surface area contributed by atoms with Gasteiger partial charge in [-0.25, -0.2) is 0 Å². The van der Waals surface area contributed by atoms with Crippen LogP contribution in [0.2, 0.25) is 5.02 Å². The molecule has 0 aliphatic carbocycles. The molecule has 1 aromatic rings. The van der Waals surface area contributed by atoms with Crippen molar-refractivity contribution in [2.45, 2.75) is 26.3 Å². The van der Waals surface area contributed by atoms with Gasteiger partial charge in [0.25, 0.3) is 5.91 Å². The molecule has 0 aromatic heterocycles. The Kier molecular flexibility index (Phi) is 5.63. The smallest absolute Gasteiger partial charge is 0.305 e. The maximum Gasteiger partial charge on any atom is 0.305 e. The Morgan fingerprint density at radius 3 is 2.74 bits per heavy atom. The Labute approximate surface area is 116 Å². The fourth-order valence-electron chi connectivity index (χ4n) is 1.57. The number of carboxylic acids is 1. The lowest BCUT2D eigenvalue weighted by Crippen LogP contribution is -2.34. The van der Waals surface area contributed by atoms with E-state index in [4.69, 9.17) is 21.4 Å². The summed E-state index contributed by atoms with van der Waals surface area (Å²) in [5.41, 5.74) is 0.337. The second kappa shape index (κ2) is 6.99. The first-order valence-electron chi connectivity index (χ1n) is 5.89. The third-order valence-corrected chi connectivity index (χ3v) is 2.58. The molecule has 0 saturated heterocycles. The zero-order valence-corrected chi connectivity index (χ0v) is 11.5. The SMILES string of the molecule is CCOc1cc(Cl)ccc1C(=O)NC(C)CC(=O)O. The van der Waals surface area contributed by atoms with E-state index in [0.29, 0.717) is 22.9 Å². The minimum Gasteiger partial charge on any atom is -0.493 e. The van der Waals surface area contributed by atoms with Gasteiger partial charge in [-0.15, -0.1) is 0 Å². The van der Waals surface area contributed by atoms with Crippen molar-refractivity contribution in [1.29, 1.82) is 0 Å². The molecule has 1 amide bonds. The molecular formula is C13H16ClNO4. The molecule has 1 aromatic carbocycles. The van der Waals surface area contributed by atoms with Crippen molar-refractivity contribution in [2.75, 3.05) is 6.61 Å². The summed E-state index contributed by atoms with van der Waals surface area (Å²) in [4.78, 5) is 22.6. The number of halogens is 1. The van der Waals surface area contributed by atoms with Crippen molar-refractivity contribution in [2.24, 2.45) is 0 Å². The van der Waals surface area contributed by atoms with Crippen LogP contribution in [-0.2, 0) is 4.79 Å². The third-order valence-electron chi connectivity index (χ3n) is 2.35. The standard InChI is InChI=1S/C13H16ClNO4/c1-3-19-11-7-9(14)4-5-10(11)13(18)15-8(2)6-12(16)17/h4-5,7-8H,3,6H2,1-2H3,(H,15,18)(H,16,17). The molecule has 0 bridgehead atoms. The highest BCUT2D eigenvalue weighted by Crippen LogP contribution is 2.23. The number of carboxylic acid groups (broad SMARTS) is 1. The second-order valence-corrected chi connectivity index (χ2v) is 4.48. The van der Waals surface area contributed by atoms with E-state index in [2.05, 4.69) is 5.32 Å². The number of hydrogen-bond acceptors (Lipinski definition) is 3. The van der Waals surface area contributed by atoms with Crippen LogP contribution in [0.25, 0.3) is 0 Å². The molecule has 0 heterocycles. The predicted molar refractivity (Wildman–Crippen MR) is 71.8 cm³/mol. The quantitative estimate of drug-likeness (QED) is 0.841. The summed E-state index contributed by atoms with van der Waals surface area (Å²) in [6.45, 7) is 3.84. The van der Waals surface area contributed by atoms with E-state index in [0.717, 1.165) is 0 Å². The Balaban J connectivity index is 2.84. The van der Waals surface area contributed by atoms with Gasteiger partial charge in [-0.3, -0.25) is 9.59 Å². The van der Waals surface area contributed by atoms with E-state index < -0.39 is 12.0 Å². The predicted octanol–water partition coefficient (Wildman–Crippen LogP) is 2.33. The molecular weight excluding hydrogens is 270 g/mol. The Bertz CT molecular complexity index is 476. The largest absolute Gasteiger partial charge is 0.493 e. The second-order valence-electron chi connectivity index (χ2n) is 4.05. The molecule has 1 rings (SSSR count). The fourth-order valence-corrected chi connectivity index (χ4v) is 1.74. The highest BCUT2D eigenvalue weighted by atomic mass is 35.5. The highest BCUT2D eigenvalue weighted by molar-refractivity contribution is 6.30. The lowest BCUT2D eigenvalue weighted by molar-refractivity contribution is -0.137. The number of benzene rings is 1. The molecule has 0 radical (unpaired) electrons. The monoisotopic (exact) mass is 285 g/mol. The van der Waals surface area contributed by atoms with Gasteiger partial charge in [0.15, 0.2) is 0 Å². The summed E-state index contributed by atoms with van der Waals surface area (Å²) < 4.78 is 5.34. The molecule has 0 saturated carbocycles. The molecule has 104 valence electrons. The van der Waals surface area contributed by atoms with Crippen LogP contribution in [0.15, 0.2) is 18.2 Å². The summed E-state index contributed by atoms with van der Waals surface area (Å²) in [5, 5.41) is 11.7. The minimum atomic E-state index is -0.964. The van der Waals surface area contributed by atoms with Gasteiger partial charge in [0.2, 0.25) is 0 Å². The van der Waals surface area contributed by atoms with Crippen molar-refractivity contribution in [3.05, 3.63) is 28.8 Å². The van der Waals surface area contributed by atoms with Gasteiger partial charge < -0.3 is 15.2 Å². The number of aliphatic carboxylic acids is 1. The Morgan fingerprint density at radius 1 is 1.47 bits per heavy atom. The average Bonchev–Trinajstić information content (AvgIpc) is 2.27. The molecule has 2 N–H and O–H groups in total. The Morgan fingerprint density at radius 2 is 2.16 bits per heavy atom. The van der Waals surface area contributed by atoms with Gasteiger partial charge in [-0.2, -0.15) is 0 Å². The van der Waals surface area contributed by atoms with Crippen LogP contribution in [0.4, 0.5) is 0 Å². The van der Waals surface area contributed by atoms with Crippen molar-refractivity contribution in [3.8, 4) is 5.75 Å². The maximum atomic E-state index is 12.0. The van der Waals surface area contributed by atoms with Crippen LogP contribution in [-0.4, -0.2) is 29.6 Å². The van der Waals surface area contributed by atoms with Gasteiger partial charge in [0, 0.05) is 11.1 Å². The highest BCUT2D eigenvalue weighted by Gasteiger charge is 2.16. The fraction of sp³-hybridized carbons (Fsp3) is 0.385. The number of nitrogens with one attached hydrogen (secondary N) is 1. The van der Waals surface area contributed by atoms with E-state index in [9.17, 15) is 9.59 Å². The zero-order chi connectivity index (χ0) is 14.4. The normalized spacial score (nSPS) is 11.7. The van der Waals surface area contributed by atoms with E-state index in [1.165, 1.54) is 0 Å². The first-order valence-corrected chi connectivity index (χ1v) is 6.26. The van der Waals surface area contributed by atoms with Gasteiger partial charge in [0.1, 0.15) is 5.75 Å². The van der Waals surface area contributed by atoms with Gasteiger partial charge in [-0.1, -0.05) is 11.6 Å². The first kappa shape index (κ1) is 15.3. The summed E-state index contributed by atoms with van der Waals surface area (Å²) in [6.07, 6.45) is -0.136.